The molecule has 1 aromatic rings. The van der Waals surface area contributed by atoms with E-state index in [-0.39, 0.29) is 5.54 Å². The summed E-state index contributed by atoms with van der Waals surface area (Å²) in [6.45, 7) is 0. The van der Waals surface area contributed by atoms with Crippen LogP contribution in [-0.2, 0) is 6.42 Å². The summed E-state index contributed by atoms with van der Waals surface area (Å²) >= 11 is 0. The lowest BCUT2D eigenvalue weighted by atomic mass is 10.1. The van der Waals surface area contributed by atoms with Crippen LogP contribution in [-0.4, -0.2) is 24.6 Å². The minimum absolute atomic E-state index is 0.154. The van der Waals surface area contributed by atoms with Crippen molar-refractivity contribution < 1.29 is 0 Å². The third kappa shape index (κ3) is 2.69. The molecule has 0 unspecified atom stereocenters. The average Bonchev–Trinajstić information content (AvgIpc) is 2.95. The number of pyridine rings is 1. The van der Waals surface area contributed by atoms with Crippen LogP contribution in [0, 0.1) is 0 Å². The fourth-order valence-corrected chi connectivity index (χ4v) is 1.66. The van der Waals surface area contributed by atoms with Gasteiger partial charge >= 0.3 is 0 Å². The van der Waals surface area contributed by atoms with E-state index in [0.29, 0.717) is 0 Å². The Bertz CT molecular complexity index is 342. The Labute approximate surface area is 91.3 Å². The Morgan fingerprint density at radius 1 is 1.47 bits per heavy atom. The molecule has 0 spiro atoms. The quantitative estimate of drug-likeness (QED) is 0.811. The van der Waals surface area contributed by atoms with Gasteiger partial charge in [0.1, 0.15) is 5.82 Å². The molecule has 1 fully saturated rings. The monoisotopic (exact) mass is 205 g/mol. The largest absolute Gasteiger partial charge is 0.363 e. The first kappa shape index (κ1) is 10.4. The molecule has 82 valence electrons. The highest BCUT2D eigenvalue weighted by atomic mass is 15.1. The van der Waals surface area contributed by atoms with Crippen LogP contribution in [0.25, 0.3) is 0 Å². The van der Waals surface area contributed by atoms with Crippen LogP contribution >= 0.6 is 0 Å². The lowest BCUT2D eigenvalue weighted by molar-refractivity contribution is 0.609. The number of aryl methyl sites for hydroxylation is 1. The van der Waals surface area contributed by atoms with Gasteiger partial charge in [-0.25, -0.2) is 4.98 Å². The molecule has 3 nitrogen and oxygen atoms in total. The Kier molecular flexibility index (Phi) is 2.65. The molecule has 1 saturated carbocycles. The number of nitrogens with two attached hydrogens (primary N) is 1. The topological polar surface area (TPSA) is 42.1 Å². The zero-order valence-corrected chi connectivity index (χ0v) is 9.53. The Hall–Kier alpha value is -1.09. The summed E-state index contributed by atoms with van der Waals surface area (Å²) in [6, 6.07) is 4.23. The molecule has 0 atom stereocenters. The van der Waals surface area contributed by atoms with E-state index in [1.807, 2.05) is 25.2 Å². The lowest BCUT2D eigenvalue weighted by Crippen LogP contribution is -2.22. The van der Waals surface area contributed by atoms with Gasteiger partial charge in [0.25, 0.3) is 0 Å². The van der Waals surface area contributed by atoms with Crippen LogP contribution in [0.5, 0.6) is 0 Å². The van der Waals surface area contributed by atoms with Gasteiger partial charge in [0.05, 0.1) is 0 Å². The van der Waals surface area contributed by atoms with Gasteiger partial charge in [-0.2, -0.15) is 0 Å². The first-order valence-corrected chi connectivity index (χ1v) is 5.50. The number of hydrogen-bond acceptors (Lipinski definition) is 3. The van der Waals surface area contributed by atoms with Crippen LogP contribution in [0.4, 0.5) is 5.82 Å². The molecule has 15 heavy (non-hydrogen) atoms. The van der Waals surface area contributed by atoms with Crippen LogP contribution < -0.4 is 10.6 Å². The molecule has 1 aliphatic rings. The maximum Gasteiger partial charge on any atom is 0.128 e. The minimum atomic E-state index is 0.154. The molecule has 2 N–H and O–H groups in total. The summed E-state index contributed by atoms with van der Waals surface area (Å²) < 4.78 is 0. The van der Waals surface area contributed by atoms with Crippen molar-refractivity contribution in [3.8, 4) is 0 Å². The Morgan fingerprint density at radius 2 is 2.20 bits per heavy atom. The fraction of sp³-hybridized carbons (Fsp3) is 0.583. The van der Waals surface area contributed by atoms with Crippen LogP contribution in [0.15, 0.2) is 18.3 Å². The Morgan fingerprint density at radius 3 is 2.80 bits per heavy atom. The van der Waals surface area contributed by atoms with Crippen LogP contribution in [0.2, 0.25) is 0 Å². The molecule has 2 rings (SSSR count). The highest BCUT2D eigenvalue weighted by molar-refractivity contribution is 5.39. The van der Waals surface area contributed by atoms with Gasteiger partial charge in [0.2, 0.25) is 0 Å². The van der Waals surface area contributed by atoms with Crippen molar-refractivity contribution in [3.05, 3.63) is 23.9 Å². The van der Waals surface area contributed by atoms with Crippen molar-refractivity contribution in [2.24, 2.45) is 5.73 Å². The Balaban J connectivity index is 1.98. The third-order valence-electron chi connectivity index (χ3n) is 3.07. The summed E-state index contributed by atoms with van der Waals surface area (Å²) in [5.41, 5.74) is 7.56. The van der Waals surface area contributed by atoms with Gasteiger partial charge in [-0.15, -0.1) is 0 Å². The van der Waals surface area contributed by atoms with Gasteiger partial charge in [-0.05, 0) is 43.4 Å². The zero-order chi connectivity index (χ0) is 10.9. The van der Waals surface area contributed by atoms with Crippen molar-refractivity contribution >= 4 is 5.82 Å². The van der Waals surface area contributed by atoms with E-state index in [1.165, 1.54) is 18.4 Å². The van der Waals surface area contributed by atoms with E-state index in [1.54, 1.807) is 0 Å². The molecule has 0 radical (unpaired) electrons. The molecule has 3 heteroatoms. The van der Waals surface area contributed by atoms with Crippen molar-refractivity contribution in [1.29, 1.82) is 0 Å². The number of aromatic nitrogens is 1. The van der Waals surface area contributed by atoms with Crippen LogP contribution in [0.3, 0.4) is 0 Å². The second-order valence-corrected chi connectivity index (χ2v) is 4.78. The van der Waals surface area contributed by atoms with Crippen molar-refractivity contribution in [2.45, 2.75) is 31.2 Å². The molecule has 0 bridgehead atoms. The van der Waals surface area contributed by atoms with Gasteiger partial charge in [-0.3, -0.25) is 0 Å². The van der Waals surface area contributed by atoms with E-state index in [0.717, 1.165) is 18.7 Å². The minimum Gasteiger partial charge on any atom is -0.363 e. The molecule has 0 amide bonds. The number of anilines is 1. The normalized spacial score (nSPS) is 17.5. The zero-order valence-electron chi connectivity index (χ0n) is 9.53. The fourth-order valence-electron chi connectivity index (χ4n) is 1.66. The summed E-state index contributed by atoms with van der Waals surface area (Å²) in [6.07, 6.45) is 6.43. The number of nitrogens with zero attached hydrogens (tertiary/aromatic N) is 2. The van der Waals surface area contributed by atoms with Crippen molar-refractivity contribution in [1.82, 2.24) is 4.98 Å². The van der Waals surface area contributed by atoms with E-state index in [2.05, 4.69) is 17.1 Å². The summed E-state index contributed by atoms with van der Waals surface area (Å²) in [7, 11) is 4.02. The highest BCUT2D eigenvalue weighted by Crippen LogP contribution is 2.36. The van der Waals surface area contributed by atoms with Crippen LogP contribution in [0.1, 0.15) is 24.8 Å². The van der Waals surface area contributed by atoms with E-state index < -0.39 is 0 Å². The average molecular weight is 205 g/mol. The first-order chi connectivity index (χ1) is 7.09. The second kappa shape index (κ2) is 3.81. The molecule has 1 aliphatic carbocycles. The molecule has 1 heterocycles. The molecule has 0 aromatic carbocycles. The van der Waals surface area contributed by atoms with E-state index in [9.17, 15) is 0 Å². The third-order valence-corrected chi connectivity index (χ3v) is 3.07. The predicted molar refractivity (Wildman–Crippen MR) is 63.0 cm³/mol. The smallest absolute Gasteiger partial charge is 0.128 e. The highest BCUT2D eigenvalue weighted by Gasteiger charge is 2.37. The first-order valence-electron chi connectivity index (χ1n) is 5.50. The predicted octanol–water partition coefficient (Wildman–Crippen LogP) is 1.57. The molecular formula is C12H19N3. The van der Waals surface area contributed by atoms with Crippen molar-refractivity contribution in [3.63, 3.8) is 0 Å². The summed E-state index contributed by atoms with van der Waals surface area (Å²) in [4.78, 5) is 6.32. The summed E-state index contributed by atoms with van der Waals surface area (Å²) in [5, 5.41) is 0. The van der Waals surface area contributed by atoms with Gasteiger partial charge in [0.15, 0.2) is 0 Å². The molecule has 0 aliphatic heterocycles. The summed E-state index contributed by atoms with van der Waals surface area (Å²) in [5.74, 6) is 1.02. The van der Waals surface area contributed by atoms with E-state index in [4.69, 9.17) is 5.73 Å². The maximum atomic E-state index is 6.07. The number of rotatable bonds is 4. The van der Waals surface area contributed by atoms with Crippen molar-refractivity contribution in [2.75, 3.05) is 19.0 Å². The lowest BCUT2D eigenvalue weighted by Gasteiger charge is -2.13. The van der Waals surface area contributed by atoms with E-state index >= 15 is 0 Å². The van der Waals surface area contributed by atoms with Gasteiger partial charge in [-0.1, -0.05) is 0 Å². The van der Waals surface area contributed by atoms with Gasteiger partial charge < -0.3 is 10.6 Å². The van der Waals surface area contributed by atoms with Gasteiger partial charge in [0, 0.05) is 25.8 Å². The molecule has 0 saturated heterocycles. The molecule has 1 aromatic heterocycles. The molecular weight excluding hydrogens is 186 g/mol. The maximum absolute atomic E-state index is 6.07. The number of hydrogen-bond donors (Lipinski definition) is 1. The SMILES string of the molecule is CN(C)c1cc(CCC2(N)CC2)ccn1. The second-order valence-electron chi connectivity index (χ2n) is 4.78. The standard InChI is InChI=1S/C12H19N3/c1-15(2)11-9-10(4-8-14-11)3-5-12(13)6-7-12/h4,8-9H,3,5-7,13H2,1-2H3.